The minimum absolute atomic E-state index is 1.07. The molecule has 0 aliphatic carbocycles. The lowest BCUT2D eigenvalue weighted by Gasteiger charge is -2.22. The van der Waals surface area contributed by atoms with E-state index in [1.54, 1.807) is 0 Å². The number of fused-ring (bicyclic) bond motifs is 1. The second kappa shape index (κ2) is 3.80. The predicted octanol–water partition coefficient (Wildman–Crippen LogP) is 2.89. The molecule has 1 N–H and O–H groups in total. The van der Waals surface area contributed by atoms with Gasteiger partial charge >= 0.3 is 0 Å². The van der Waals surface area contributed by atoms with E-state index in [0.717, 1.165) is 19.5 Å². The monoisotopic (exact) mass is 212 g/mol. The molecule has 16 heavy (non-hydrogen) atoms. The highest BCUT2D eigenvalue weighted by atomic mass is 15.1. The van der Waals surface area contributed by atoms with Crippen molar-refractivity contribution in [3.63, 3.8) is 0 Å². The average Bonchev–Trinajstić information content (AvgIpc) is 2.77. The van der Waals surface area contributed by atoms with Gasteiger partial charge in [-0.15, -0.1) is 0 Å². The number of nitrogens with one attached hydrogen (secondary N) is 1. The van der Waals surface area contributed by atoms with Crippen LogP contribution in [-0.2, 0) is 0 Å². The molecule has 3 rings (SSSR count). The summed E-state index contributed by atoms with van der Waals surface area (Å²) in [4.78, 5) is 5.61. The number of aromatic nitrogens is 1. The van der Waals surface area contributed by atoms with E-state index in [-0.39, 0.29) is 0 Å². The van der Waals surface area contributed by atoms with Crippen LogP contribution in [0.3, 0.4) is 0 Å². The predicted molar refractivity (Wildman–Crippen MR) is 68.4 cm³/mol. The number of benzene rings is 1. The van der Waals surface area contributed by atoms with Crippen LogP contribution in [0.5, 0.6) is 0 Å². The van der Waals surface area contributed by atoms with E-state index >= 15 is 0 Å². The van der Waals surface area contributed by atoms with Crippen LogP contribution < -0.4 is 0 Å². The molecule has 0 amide bonds. The zero-order chi connectivity index (χ0) is 11.0. The fraction of sp³-hybridized carbons (Fsp3) is 0.286. The van der Waals surface area contributed by atoms with Crippen LogP contribution in [-0.4, -0.2) is 30.0 Å². The van der Waals surface area contributed by atoms with Gasteiger partial charge in [-0.25, -0.2) is 0 Å². The van der Waals surface area contributed by atoms with Gasteiger partial charge in [-0.1, -0.05) is 18.2 Å². The molecule has 2 heterocycles. The van der Waals surface area contributed by atoms with Gasteiger partial charge < -0.3 is 9.88 Å². The van der Waals surface area contributed by atoms with Crippen LogP contribution in [0.2, 0.25) is 0 Å². The lowest BCUT2D eigenvalue weighted by Crippen LogP contribution is -2.23. The van der Waals surface area contributed by atoms with E-state index in [1.165, 1.54) is 22.0 Å². The molecule has 0 bridgehead atoms. The smallest absolute Gasteiger partial charge is 0.0460 e. The number of rotatable bonds is 1. The molecule has 2 nitrogen and oxygen atoms in total. The first-order valence-electron chi connectivity index (χ1n) is 5.78. The quantitative estimate of drug-likeness (QED) is 0.770. The topological polar surface area (TPSA) is 19.0 Å². The highest BCUT2D eigenvalue weighted by Crippen LogP contribution is 2.24. The van der Waals surface area contributed by atoms with Gasteiger partial charge in [0.25, 0.3) is 0 Å². The van der Waals surface area contributed by atoms with Gasteiger partial charge in [-0.05, 0) is 42.1 Å². The fourth-order valence-electron chi connectivity index (χ4n) is 2.28. The van der Waals surface area contributed by atoms with Crippen molar-refractivity contribution in [1.29, 1.82) is 0 Å². The summed E-state index contributed by atoms with van der Waals surface area (Å²) < 4.78 is 0. The van der Waals surface area contributed by atoms with Crippen molar-refractivity contribution in [2.75, 3.05) is 20.1 Å². The molecule has 1 aliphatic rings. The summed E-state index contributed by atoms with van der Waals surface area (Å²) in [5.74, 6) is 0. The largest absolute Gasteiger partial charge is 0.361 e. The zero-order valence-electron chi connectivity index (χ0n) is 9.53. The third kappa shape index (κ3) is 1.65. The summed E-state index contributed by atoms with van der Waals surface area (Å²) in [6.07, 6.45) is 5.49. The van der Waals surface area contributed by atoms with E-state index in [1.807, 2.05) is 6.20 Å². The summed E-state index contributed by atoms with van der Waals surface area (Å²) in [5.41, 5.74) is 4.08. The molecule has 0 spiro atoms. The molecule has 2 heteroatoms. The summed E-state index contributed by atoms with van der Waals surface area (Å²) in [6.45, 7) is 2.23. The maximum atomic E-state index is 3.27. The number of hydrogen-bond acceptors (Lipinski definition) is 1. The maximum Gasteiger partial charge on any atom is 0.0460 e. The Kier molecular flexibility index (Phi) is 2.29. The first-order chi connectivity index (χ1) is 7.83. The number of aromatic amines is 1. The van der Waals surface area contributed by atoms with Crippen LogP contribution >= 0.6 is 0 Å². The Morgan fingerprint density at radius 2 is 2.19 bits per heavy atom. The van der Waals surface area contributed by atoms with Crippen molar-refractivity contribution in [3.8, 4) is 0 Å². The highest BCUT2D eigenvalue weighted by Gasteiger charge is 2.09. The number of likely N-dealkylation sites (N-methyl/N-ethyl adjacent to an activating group) is 1. The number of nitrogens with zero attached hydrogens (tertiary/aromatic N) is 1. The summed E-state index contributed by atoms with van der Waals surface area (Å²) >= 11 is 0. The van der Waals surface area contributed by atoms with E-state index in [2.05, 4.69) is 47.3 Å². The van der Waals surface area contributed by atoms with Gasteiger partial charge in [0.05, 0.1) is 0 Å². The van der Waals surface area contributed by atoms with E-state index in [0.29, 0.717) is 0 Å². The Hall–Kier alpha value is -1.54. The molecule has 0 saturated heterocycles. The van der Waals surface area contributed by atoms with Gasteiger partial charge in [0.1, 0.15) is 0 Å². The van der Waals surface area contributed by atoms with Crippen LogP contribution in [0, 0.1) is 0 Å². The van der Waals surface area contributed by atoms with Crippen LogP contribution in [0.1, 0.15) is 12.0 Å². The SMILES string of the molecule is CN1CC=C(c2ccc3cc[nH]c3c2)CC1. The minimum atomic E-state index is 1.07. The van der Waals surface area contributed by atoms with E-state index in [9.17, 15) is 0 Å². The molecule has 0 saturated carbocycles. The minimum Gasteiger partial charge on any atom is -0.361 e. The van der Waals surface area contributed by atoms with Gasteiger partial charge in [0, 0.05) is 24.8 Å². The van der Waals surface area contributed by atoms with Crippen molar-refractivity contribution in [1.82, 2.24) is 9.88 Å². The van der Waals surface area contributed by atoms with Crippen molar-refractivity contribution in [2.24, 2.45) is 0 Å². The first kappa shape index (κ1) is 9.67. The molecule has 0 atom stereocenters. The third-order valence-electron chi connectivity index (χ3n) is 3.34. The summed E-state index contributed by atoms with van der Waals surface area (Å²) in [7, 11) is 2.17. The Morgan fingerprint density at radius 1 is 1.25 bits per heavy atom. The van der Waals surface area contributed by atoms with Crippen LogP contribution in [0.25, 0.3) is 16.5 Å². The lowest BCUT2D eigenvalue weighted by atomic mass is 9.99. The average molecular weight is 212 g/mol. The van der Waals surface area contributed by atoms with E-state index in [4.69, 9.17) is 0 Å². The Morgan fingerprint density at radius 3 is 3.00 bits per heavy atom. The van der Waals surface area contributed by atoms with Crippen LogP contribution in [0.15, 0.2) is 36.5 Å². The van der Waals surface area contributed by atoms with Gasteiger partial charge in [0.2, 0.25) is 0 Å². The van der Waals surface area contributed by atoms with Gasteiger partial charge in [-0.3, -0.25) is 0 Å². The molecule has 1 aromatic carbocycles. The van der Waals surface area contributed by atoms with Crippen molar-refractivity contribution < 1.29 is 0 Å². The lowest BCUT2D eigenvalue weighted by molar-refractivity contribution is 0.370. The van der Waals surface area contributed by atoms with Crippen LogP contribution in [0.4, 0.5) is 0 Å². The highest BCUT2D eigenvalue weighted by molar-refractivity contribution is 5.83. The standard InChI is InChI=1S/C14H16N2/c1-16-8-5-11(6-9-16)13-3-2-12-4-7-15-14(12)10-13/h2-5,7,10,15H,6,8-9H2,1H3. The molecule has 0 unspecified atom stereocenters. The van der Waals surface area contributed by atoms with Crippen molar-refractivity contribution in [3.05, 3.63) is 42.1 Å². The molecular formula is C14H16N2. The number of H-pyrrole nitrogens is 1. The fourth-order valence-corrected chi connectivity index (χ4v) is 2.28. The molecule has 1 aliphatic heterocycles. The van der Waals surface area contributed by atoms with Gasteiger partial charge in [-0.2, -0.15) is 0 Å². The van der Waals surface area contributed by atoms with Gasteiger partial charge in [0.15, 0.2) is 0 Å². The Balaban J connectivity index is 1.99. The molecule has 0 radical (unpaired) electrons. The molecule has 1 aromatic heterocycles. The first-order valence-corrected chi connectivity index (χ1v) is 5.78. The number of hydrogen-bond donors (Lipinski definition) is 1. The summed E-state index contributed by atoms with van der Waals surface area (Å²) in [5, 5.41) is 1.29. The molecule has 2 aromatic rings. The Labute approximate surface area is 95.6 Å². The van der Waals surface area contributed by atoms with Crippen molar-refractivity contribution in [2.45, 2.75) is 6.42 Å². The second-order valence-electron chi connectivity index (χ2n) is 4.52. The maximum absolute atomic E-state index is 3.27. The normalized spacial score (nSPS) is 17.7. The zero-order valence-corrected chi connectivity index (χ0v) is 9.53. The second-order valence-corrected chi connectivity index (χ2v) is 4.52. The van der Waals surface area contributed by atoms with Crippen molar-refractivity contribution >= 4 is 16.5 Å². The Bertz CT molecular complexity index is 536. The molecular weight excluding hydrogens is 196 g/mol. The summed E-state index contributed by atoms with van der Waals surface area (Å²) in [6, 6.07) is 8.79. The van der Waals surface area contributed by atoms with E-state index < -0.39 is 0 Å². The molecule has 0 fully saturated rings. The third-order valence-corrected chi connectivity index (χ3v) is 3.34. The molecule has 82 valence electrons.